The first-order valence-corrected chi connectivity index (χ1v) is 7.90. The third-order valence-electron chi connectivity index (χ3n) is 3.64. The molecule has 126 valence electrons. The number of benzene rings is 2. The van der Waals surface area contributed by atoms with Crippen LogP contribution in [0.3, 0.4) is 0 Å². The Kier molecular flexibility index (Phi) is 5.92. The molecule has 7 heteroatoms. The average Bonchev–Trinajstić information content (AvgIpc) is 2.60. The van der Waals surface area contributed by atoms with Crippen molar-refractivity contribution in [2.24, 2.45) is 0 Å². The van der Waals surface area contributed by atoms with Crippen molar-refractivity contribution in [3.8, 4) is 5.75 Å². The van der Waals surface area contributed by atoms with Crippen LogP contribution in [-0.2, 0) is 16.0 Å². The molecule has 2 aromatic carbocycles. The van der Waals surface area contributed by atoms with Gasteiger partial charge in [0.25, 0.3) is 0 Å². The lowest BCUT2D eigenvalue weighted by Crippen LogP contribution is -2.17. The van der Waals surface area contributed by atoms with Crippen LogP contribution in [-0.4, -0.2) is 25.1 Å². The van der Waals surface area contributed by atoms with E-state index in [1.54, 1.807) is 6.07 Å². The number of nitro groups is 1. The minimum absolute atomic E-state index is 0.149. The Balaban J connectivity index is 2.41. The van der Waals surface area contributed by atoms with Crippen LogP contribution in [0.1, 0.15) is 17.0 Å². The van der Waals surface area contributed by atoms with E-state index in [1.165, 1.54) is 26.4 Å². The summed E-state index contributed by atoms with van der Waals surface area (Å²) in [6, 6.07) is 12.0. The minimum Gasteiger partial charge on any atom is -0.490 e. The van der Waals surface area contributed by atoms with Gasteiger partial charge in [0.2, 0.25) is 0 Å². The fourth-order valence-electron chi connectivity index (χ4n) is 2.40. The van der Waals surface area contributed by atoms with Crippen molar-refractivity contribution in [3.63, 3.8) is 0 Å². The standard InChI is InChI=1S/C17H16BrNO5/c1-23-16-8-5-12(10-15(16)19(21)22)14(17(20)24-2)9-11-3-6-13(18)7-4-11/h3-8,10,14H,9H2,1-2H3. The van der Waals surface area contributed by atoms with Crippen LogP contribution in [0.5, 0.6) is 5.75 Å². The number of hydrogen-bond donors (Lipinski definition) is 0. The van der Waals surface area contributed by atoms with Crippen molar-refractivity contribution in [1.29, 1.82) is 0 Å². The molecule has 0 aliphatic heterocycles. The number of halogens is 1. The summed E-state index contributed by atoms with van der Waals surface area (Å²) in [6.07, 6.45) is 0.378. The van der Waals surface area contributed by atoms with Crippen molar-refractivity contribution >= 4 is 27.6 Å². The summed E-state index contributed by atoms with van der Waals surface area (Å²) >= 11 is 3.36. The molecule has 0 aliphatic carbocycles. The number of nitro benzene ring substituents is 1. The van der Waals surface area contributed by atoms with E-state index in [9.17, 15) is 14.9 Å². The zero-order valence-corrected chi connectivity index (χ0v) is 14.8. The lowest BCUT2D eigenvalue weighted by Gasteiger charge is -2.16. The highest BCUT2D eigenvalue weighted by Gasteiger charge is 2.25. The second kappa shape index (κ2) is 7.92. The Morgan fingerprint density at radius 1 is 1.21 bits per heavy atom. The zero-order valence-electron chi connectivity index (χ0n) is 13.2. The van der Waals surface area contributed by atoms with Crippen LogP contribution in [0.15, 0.2) is 46.9 Å². The first-order chi connectivity index (χ1) is 11.5. The lowest BCUT2D eigenvalue weighted by atomic mass is 9.91. The molecule has 0 radical (unpaired) electrons. The Labute approximate surface area is 147 Å². The average molecular weight is 394 g/mol. The van der Waals surface area contributed by atoms with Gasteiger partial charge in [0.1, 0.15) is 0 Å². The molecule has 0 heterocycles. The van der Waals surface area contributed by atoms with E-state index in [1.807, 2.05) is 24.3 Å². The highest BCUT2D eigenvalue weighted by Crippen LogP contribution is 2.32. The Morgan fingerprint density at radius 3 is 2.42 bits per heavy atom. The number of carbonyl (C=O) groups is 1. The number of rotatable bonds is 6. The fraction of sp³-hybridized carbons (Fsp3) is 0.235. The van der Waals surface area contributed by atoms with E-state index in [0.29, 0.717) is 12.0 Å². The van der Waals surface area contributed by atoms with Crippen LogP contribution in [0, 0.1) is 10.1 Å². The van der Waals surface area contributed by atoms with E-state index in [0.717, 1.165) is 10.0 Å². The summed E-state index contributed by atoms with van der Waals surface area (Å²) in [5.41, 5.74) is 1.25. The molecule has 2 aromatic rings. The van der Waals surface area contributed by atoms with E-state index in [-0.39, 0.29) is 11.4 Å². The fourth-order valence-corrected chi connectivity index (χ4v) is 2.67. The molecule has 0 bridgehead atoms. The molecule has 24 heavy (non-hydrogen) atoms. The first kappa shape index (κ1) is 17.9. The van der Waals surface area contributed by atoms with Gasteiger partial charge < -0.3 is 9.47 Å². The molecule has 1 unspecified atom stereocenters. The van der Waals surface area contributed by atoms with Crippen molar-refractivity contribution in [2.75, 3.05) is 14.2 Å². The van der Waals surface area contributed by atoms with Gasteiger partial charge in [0.15, 0.2) is 5.75 Å². The van der Waals surface area contributed by atoms with E-state index < -0.39 is 16.8 Å². The predicted octanol–water partition coefficient (Wildman–Crippen LogP) is 3.87. The molecular weight excluding hydrogens is 378 g/mol. The zero-order chi connectivity index (χ0) is 17.7. The third kappa shape index (κ3) is 4.11. The molecule has 0 N–H and O–H groups in total. The predicted molar refractivity (Wildman–Crippen MR) is 92.3 cm³/mol. The number of ether oxygens (including phenoxy) is 2. The molecule has 0 saturated heterocycles. The number of esters is 1. The molecule has 0 spiro atoms. The van der Waals surface area contributed by atoms with Gasteiger partial charge in [-0.25, -0.2) is 0 Å². The van der Waals surface area contributed by atoms with Crippen molar-refractivity contribution in [2.45, 2.75) is 12.3 Å². The summed E-state index contributed by atoms with van der Waals surface area (Å²) in [7, 11) is 2.66. The van der Waals surface area contributed by atoms with Gasteiger partial charge in [-0.05, 0) is 35.7 Å². The Hall–Kier alpha value is -2.41. The van der Waals surface area contributed by atoms with Crippen LogP contribution in [0.25, 0.3) is 0 Å². The van der Waals surface area contributed by atoms with Crippen molar-refractivity contribution < 1.29 is 19.2 Å². The van der Waals surface area contributed by atoms with Crippen LogP contribution < -0.4 is 4.74 Å². The van der Waals surface area contributed by atoms with Gasteiger partial charge >= 0.3 is 11.7 Å². The summed E-state index contributed by atoms with van der Waals surface area (Å²) < 4.78 is 10.8. The van der Waals surface area contributed by atoms with E-state index in [2.05, 4.69) is 15.9 Å². The second-order valence-corrected chi connectivity index (χ2v) is 6.01. The first-order valence-electron chi connectivity index (χ1n) is 7.11. The molecule has 0 amide bonds. The minimum atomic E-state index is -0.638. The molecule has 6 nitrogen and oxygen atoms in total. The summed E-state index contributed by atoms with van der Waals surface area (Å²) in [5, 5.41) is 11.2. The van der Waals surface area contributed by atoms with Gasteiger partial charge in [0.05, 0.1) is 25.1 Å². The number of methoxy groups -OCH3 is 2. The molecule has 0 fully saturated rings. The van der Waals surface area contributed by atoms with Crippen LogP contribution in [0.2, 0.25) is 0 Å². The molecule has 0 aliphatic rings. The lowest BCUT2D eigenvalue weighted by molar-refractivity contribution is -0.385. The second-order valence-electron chi connectivity index (χ2n) is 5.09. The topological polar surface area (TPSA) is 78.7 Å². The molecule has 1 atom stereocenters. The highest BCUT2D eigenvalue weighted by atomic mass is 79.9. The molecular formula is C17H16BrNO5. The van der Waals surface area contributed by atoms with Crippen LogP contribution in [0.4, 0.5) is 5.69 Å². The monoisotopic (exact) mass is 393 g/mol. The van der Waals surface area contributed by atoms with Gasteiger partial charge in [-0.1, -0.05) is 34.1 Å². The Bertz CT molecular complexity index is 745. The summed E-state index contributed by atoms with van der Waals surface area (Å²) in [6.45, 7) is 0. The maximum absolute atomic E-state index is 12.2. The number of carbonyl (C=O) groups excluding carboxylic acids is 1. The molecule has 0 aromatic heterocycles. The molecule has 0 saturated carbocycles. The third-order valence-corrected chi connectivity index (χ3v) is 4.17. The van der Waals surface area contributed by atoms with Crippen molar-refractivity contribution in [3.05, 3.63) is 68.2 Å². The Morgan fingerprint density at radius 2 is 1.88 bits per heavy atom. The SMILES string of the molecule is COC(=O)C(Cc1ccc(Br)cc1)c1ccc(OC)c([N+](=O)[O-])c1. The highest BCUT2D eigenvalue weighted by molar-refractivity contribution is 9.10. The van der Waals surface area contributed by atoms with Gasteiger partial charge in [-0.3, -0.25) is 14.9 Å². The largest absolute Gasteiger partial charge is 0.490 e. The maximum atomic E-state index is 12.2. The quantitative estimate of drug-likeness (QED) is 0.422. The van der Waals surface area contributed by atoms with Gasteiger partial charge in [0, 0.05) is 10.5 Å². The van der Waals surface area contributed by atoms with Crippen molar-refractivity contribution in [1.82, 2.24) is 0 Å². The van der Waals surface area contributed by atoms with E-state index >= 15 is 0 Å². The van der Waals surface area contributed by atoms with E-state index in [4.69, 9.17) is 9.47 Å². The smallest absolute Gasteiger partial charge is 0.313 e. The number of hydrogen-bond acceptors (Lipinski definition) is 5. The summed E-state index contributed by atoms with van der Waals surface area (Å²) in [4.78, 5) is 22.9. The summed E-state index contributed by atoms with van der Waals surface area (Å²) in [5.74, 6) is -0.936. The van der Waals surface area contributed by atoms with Gasteiger partial charge in [-0.2, -0.15) is 0 Å². The maximum Gasteiger partial charge on any atom is 0.313 e. The van der Waals surface area contributed by atoms with Crippen LogP contribution >= 0.6 is 15.9 Å². The van der Waals surface area contributed by atoms with Gasteiger partial charge in [-0.15, -0.1) is 0 Å². The number of nitrogens with zero attached hydrogens (tertiary/aromatic N) is 1. The normalized spacial score (nSPS) is 11.6. The molecule has 2 rings (SSSR count).